The molecule has 0 amide bonds. The van der Waals surface area contributed by atoms with Gasteiger partial charge in [0.15, 0.2) is 5.82 Å². The normalized spacial score (nSPS) is 10.6. The molecular weight excluding hydrogens is 350 g/mol. The maximum atomic E-state index is 13.0. The lowest BCUT2D eigenvalue weighted by molar-refractivity contribution is 0.0947. The first-order valence-electron chi connectivity index (χ1n) is 8.97. The number of nitrogens with one attached hydrogen (secondary N) is 1. The first kappa shape index (κ1) is 17.6. The van der Waals surface area contributed by atoms with Gasteiger partial charge in [0, 0.05) is 30.1 Å². The van der Waals surface area contributed by atoms with Crippen LogP contribution in [0, 0.1) is 6.92 Å². The second kappa shape index (κ2) is 7.84. The Labute approximate surface area is 162 Å². The van der Waals surface area contributed by atoms with Crippen molar-refractivity contribution >= 4 is 11.9 Å². The van der Waals surface area contributed by atoms with Gasteiger partial charge in [0.2, 0.25) is 5.95 Å². The van der Waals surface area contributed by atoms with Crippen LogP contribution in [0.5, 0.6) is 0 Å². The van der Waals surface area contributed by atoms with Crippen LogP contribution in [0.15, 0.2) is 79.1 Å². The van der Waals surface area contributed by atoms with Crippen molar-refractivity contribution in [2.24, 2.45) is 0 Å². The lowest BCUT2D eigenvalue weighted by Crippen LogP contribution is -2.17. The third-order valence-corrected chi connectivity index (χ3v) is 4.33. The average molecular weight is 369 g/mol. The minimum absolute atomic E-state index is 0.260. The van der Waals surface area contributed by atoms with E-state index in [-0.39, 0.29) is 5.91 Å². The van der Waals surface area contributed by atoms with Crippen molar-refractivity contribution in [3.05, 3.63) is 95.8 Å². The molecule has 4 rings (SSSR count). The Hall–Kier alpha value is -3.80. The molecule has 0 atom stereocenters. The fourth-order valence-corrected chi connectivity index (χ4v) is 2.79. The van der Waals surface area contributed by atoms with Gasteiger partial charge < -0.3 is 5.32 Å². The predicted molar refractivity (Wildman–Crippen MR) is 108 cm³/mol. The molecular formula is C22H19N5O. The maximum absolute atomic E-state index is 13.0. The summed E-state index contributed by atoms with van der Waals surface area (Å²) in [4.78, 5) is 21.5. The first-order chi connectivity index (χ1) is 13.7. The van der Waals surface area contributed by atoms with Crippen molar-refractivity contribution < 1.29 is 4.79 Å². The third kappa shape index (κ3) is 3.81. The molecule has 0 radical (unpaired) electrons. The van der Waals surface area contributed by atoms with E-state index in [0.717, 1.165) is 16.7 Å². The molecule has 1 N–H and O–H groups in total. The number of pyridine rings is 1. The quantitative estimate of drug-likeness (QED) is 0.577. The molecule has 2 aromatic heterocycles. The Morgan fingerprint density at radius 2 is 1.68 bits per heavy atom. The highest BCUT2D eigenvalue weighted by Crippen LogP contribution is 2.20. The summed E-state index contributed by atoms with van der Waals surface area (Å²) in [6.45, 7) is 2.56. The van der Waals surface area contributed by atoms with Crippen LogP contribution in [-0.4, -0.2) is 25.7 Å². The molecule has 0 fully saturated rings. The number of nitrogens with zero attached hydrogens (tertiary/aromatic N) is 4. The molecule has 2 aromatic carbocycles. The largest absolute Gasteiger partial charge is 0.350 e. The molecule has 0 aliphatic heterocycles. The Kier molecular flexibility index (Phi) is 4.93. The predicted octanol–water partition coefficient (Wildman–Crippen LogP) is 3.95. The molecule has 6 heteroatoms. The minimum atomic E-state index is -0.260. The second-order valence-electron chi connectivity index (χ2n) is 6.42. The number of benzene rings is 2. The van der Waals surface area contributed by atoms with Crippen LogP contribution in [0.3, 0.4) is 0 Å². The monoisotopic (exact) mass is 369 g/mol. The van der Waals surface area contributed by atoms with E-state index in [9.17, 15) is 4.79 Å². The number of carbonyl (C=O) groups is 1. The van der Waals surface area contributed by atoms with Crippen molar-refractivity contribution in [1.82, 2.24) is 19.7 Å². The van der Waals surface area contributed by atoms with Gasteiger partial charge in [0.1, 0.15) is 0 Å². The standard InChI is InChI=1S/C22H19N5O/c1-16-7-9-18(10-8-16)20-25-22(24-15-17-5-3-2-4-6-17)27(26-20)21(28)19-11-13-23-14-12-19/h2-14H,15H2,1H3,(H,24,25,26). The Morgan fingerprint density at radius 3 is 2.39 bits per heavy atom. The van der Waals surface area contributed by atoms with E-state index < -0.39 is 0 Å². The van der Waals surface area contributed by atoms with E-state index in [2.05, 4.69) is 20.4 Å². The zero-order valence-corrected chi connectivity index (χ0v) is 15.4. The molecule has 0 unspecified atom stereocenters. The number of hydrogen-bond donors (Lipinski definition) is 1. The summed E-state index contributed by atoms with van der Waals surface area (Å²) in [5.41, 5.74) is 3.59. The Balaban J connectivity index is 1.69. The molecule has 0 aliphatic rings. The number of anilines is 1. The van der Waals surface area contributed by atoms with Crippen LogP contribution < -0.4 is 5.32 Å². The van der Waals surface area contributed by atoms with Crippen LogP contribution >= 0.6 is 0 Å². The molecule has 4 aromatic rings. The van der Waals surface area contributed by atoms with Crippen LogP contribution in [0.1, 0.15) is 21.5 Å². The van der Waals surface area contributed by atoms with Gasteiger partial charge in [-0.05, 0) is 24.6 Å². The van der Waals surface area contributed by atoms with Gasteiger partial charge in [-0.3, -0.25) is 9.78 Å². The fraction of sp³-hybridized carbons (Fsp3) is 0.0909. The smallest absolute Gasteiger partial charge is 0.281 e. The molecule has 0 aliphatic carbocycles. The molecule has 138 valence electrons. The molecule has 0 bridgehead atoms. The lowest BCUT2D eigenvalue weighted by Gasteiger charge is -2.07. The minimum Gasteiger partial charge on any atom is -0.350 e. The molecule has 2 heterocycles. The molecule has 0 saturated heterocycles. The van der Waals surface area contributed by atoms with Gasteiger partial charge >= 0.3 is 0 Å². The van der Waals surface area contributed by atoms with Gasteiger partial charge in [-0.2, -0.15) is 9.67 Å². The molecule has 6 nitrogen and oxygen atoms in total. The van der Waals surface area contributed by atoms with E-state index in [1.54, 1.807) is 24.5 Å². The van der Waals surface area contributed by atoms with Gasteiger partial charge in [0.25, 0.3) is 5.91 Å². The fourth-order valence-electron chi connectivity index (χ4n) is 2.79. The van der Waals surface area contributed by atoms with E-state index in [4.69, 9.17) is 0 Å². The summed E-state index contributed by atoms with van der Waals surface area (Å²) < 4.78 is 1.31. The van der Waals surface area contributed by atoms with Gasteiger partial charge in [-0.1, -0.05) is 60.2 Å². The second-order valence-corrected chi connectivity index (χ2v) is 6.42. The Bertz CT molecular complexity index is 1070. The Morgan fingerprint density at radius 1 is 0.964 bits per heavy atom. The summed E-state index contributed by atoms with van der Waals surface area (Å²) >= 11 is 0. The van der Waals surface area contributed by atoms with Crippen molar-refractivity contribution in [2.75, 3.05) is 5.32 Å². The highest BCUT2D eigenvalue weighted by atomic mass is 16.2. The van der Waals surface area contributed by atoms with E-state index in [1.165, 1.54) is 4.68 Å². The number of carbonyl (C=O) groups excluding carboxylic acids is 1. The third-order valence-electron chi connectivity index (χ3n) is 4.33. The maximum Gasteiger partial charge on any atom is 0.281 e. The zero-order chi connectivity index (χ0) is 19.3. The number of hydrogen-bond acceptors (Lipinski definition) is 5. The topological polar surface area (TPSA) is 72.7 Å². The summed E-state index contributed by atoms with van der Waals surface area (Å²) in [6.07, 6.45) is 3.17. The highest BCUT2D eigenvalue weighted by Gasteiger charge is 2.18. The van der Waals surface area contributed by atoms with E-state index >= 15 is 0 Å². The number of rotatable bonds is 5. The van der Waals surface area contributed by atoms with Crippen LogP contribution in [0.4, 0.5) is 5.95 Å². The van der Waals surface area contributed by atoms with Crippen LogP contribution in [-0.2, 0) is 6.54 Å². The SMILES string of the molecule is Cc1ccc(-c2nc(NCc3ccccc3)n(C(=O)c3ccncc3)n2)cc1. The summed E-state index contributed by atoms with van der Waals surface area (Å²) in [5.74, 6) is 0.642. The van der Waals surface area contributed by atoms with Crippen molar-refractivity contribution in [2.45, 2.75) is 13.5 Å². The van der Waals surface area contributed by atoms with Crippen molar-refractivity contribution in [3.8, 4) is 11.4 Å². The number of aryl methyl sites for hydroxylation is 1. The summed E-state index contributed by atoms with van der Waals surface area (Å²) in [7, 11) is 0. The molecule has 0 saturated carbocycles. The van der Waals surface area contributed by atoms with E-state index in [1.807, 2.05) is 61.5 Å². The van der Waals surface area contributed by atoms with Gasteiger partial charge in [-0.15, -0.1) is 5.10 Å². The number of aromatic nitrogens is 4. The summed E-state index contributed by atoms with van der Waals surface area (Å²) in [5, 5.41) is 7.71. The van der Waals surface area contributed by atoms with Gasteiger partial charge in [0.05, 0.1) is 0 Å². The van der Waals surface area contributed by atoms with Crippen LogP contribution in [0.25, 0.3) is 11.4 Å². The molecule has 28 heavy (non-hydrogen) atoms. The lowest BCUT2D eigenvalue weighted by atomic mass is 10.1. The van der Waals surface area contributed by atoms with Crippen LogP contribution in [0.2, 0.25) is 0 Å². The molecule has 0 spiro atoms. The van der Waals surface area contributed by atoms with E-state index in [0.29, 0.717) is 23.9 Å². The van der Waals surface area contributed by atoms with Crippen molar-refractivity contribution in [1.29, 1.82) is 0 Å². The highest BCUT2D eigenvalue weighted by molar-refractivity contribution is 5.96. The van der Waals surface area contributed by atoms with Gasteiger partial charge in [-0.25, -0.2) is 0 Å². The average Bonchev–Trinajstić information content (AvgIpc) is 3.18. The summed E-state index contributed by atoms with van der Waals surface area (Å²) in [6, 6.07) is 21.2. The first-order valence-corrected chi connectivity index (χ1v) is 8.97. The zero-order valence-electron chi connectivity index (χ0n) is 15.4. The van der Waals surface area contributed by atoms with Crippen molar-refractivity contribution in [3.63, 3.8) is 0 Å².